The fraction of sp³-hybridized carbons (Fsp3) is 0.278. The summed E-state index contributed by atoms with van der Waals surface area (Å²) >= 11 is 0. The molecule has 1 heterocycles. The summed E-state index contributed by atoms with van der Waals surface area (Å²) in [5, 5.41) is 11.3. The van der Waals surface area contributed by atoms with Crippen LogP contribution in [0.3, 0.4) is 0 Å². The van der Waals surface area contributed by atoms with Gasteiger partial charge in [0.15, 0.2) is 0 Å². The number of hydrogen-bond donors (Lipinski definition) is 1. The van der Waals surface area contributed by atoms with Crippen LogP contribution in [0.4, 0.5) is 0 Å². The van der Waals surface area contributed by atoms with Crippen LogP contribution in [0.15, 0.2) is 42.5 Å². The van der Waals surface area contributed by atoms with Crippen molar-refractivity contribution in [2.75, 3.05) is 0 Å². The Bertz CT molecular complexity index is 851. The van der Waals surface area contributed by atoms with E-state index >= 15 is 0 Å². The number of hydrogen-bond acceptors (Lipinski definition) is 3. The summed E-state index contributed by atoms with van der Waals surface area (Å²) in [7, 11) is 0. The summed E-state index contributed by atoms with van der Waals surface area (Å²) in [6.45, 7) is 6.63. The number of fused-ring (bicyclic) bond motifs is 1. The van der Waals surface area contributed by atoms with Crippen LogP contribution in [0.25, 0.3) is 11.0 Å². The van der Waals surface area contributed by atoms with Gasteiger partial charge in [0.1, 0.15) is 5.52 Å². The van der Waals surface area contributed by atoms with E-state index < -0.39 is 0 Å². The number of carbonyl (C=O) groups is 1. The summed E-state index contributed by atoms with van der Waals surface area (Å²) in [4.78, 5) is 12.1. The van der Waals surface area contributed by atoms with Gasteiger partial charge >= 0.3 is 0 Å². The number of rotatable bonds is 4. The standard InChI is InChI=1S/C18H20N4O/c1-12(2)19-18(23)14-8-9-17-16(10-14)20-21-22(17)11-15-7-5-4-6-13(15)3/h4-10,12H,11H2,1-3H3,(H,19,23). The molecule has 2 aromatic carbocycles. The molecule has 23 heavy (non-hydrogen) atoms. The molecule has 1 N–H and O–H groups in total. The number of aryl methyl sites for hydroxylation is 1. The molecule has 0 fully saturated rings. The zero-order chi connectivity index (χ0) is 16.4. The molecular weight excluding hydrogens is 288 g/mol. The van der Waals surface area contributed by atoms with Gasteiger partial charge in [-0.25, -0.2) is 4.68 Å². The van der Waals surface area contributed by atoms with Gasteiger partial charge in [-0.15, -0.1) is 5.10 Å². The quantitative estimate of drug-likeness (QED) is 0.806. The highest BCUT2D eigenvalue weighted by molar-refractivity contribution is 5.97. The van der Waals surface area contributed by atoms with E-state index in [0.29, 0.717) is 12.1 Å². The highest BCUT2D eigenvalue weighted by Gasteiger charge is 2.11. The van der Waals surface area contributed by atoms with E-state index in [1.54, 1.807) is 6.07 Å². The number of amides is 1. The topological polar surface area (TPSA) is 59.8 Å². The highest BCUT2D eigenvalue weighted by Crippen LogP contribution is 2.16. The Balaban J connectivity index is 1.90. The predicted molar refractivity (Wildman–Crippen MR) is 90.4 cm³/mol. The molecule has 0 saturated heterocycles. The van der Waals surface area contributed by atoms with Crippen LogP contribution in [-0.4, -0.2) is 26.9 Å². The monoisotopic (exact) mass is 308 g/mol. The third-order valence-electron chi connectivity index (χ3n) is 3.78. The minimum absolute atomic E-state index is 0.0876. The number of benzene rings is 2. The molecule has 0 radical (unpaired) electrons. The van der Waals surface area contributed by atoms with E-state index in [4.69, 9.17) is 0 Å². The van der Waals surface area contributed by atoms with E-state index in [2.05, 4.69) is 34.7 Å². The SMILES string of the molecule is Cc1ccccc1Cn1nnc2cc(C(=O)NC(C)C)ccc21. The van der Waals surface area contributed by atoms with Crippen LogP contribution in [0.5, 0.6) is 0 Å². The molecule has 118 valence electrons. The Kier molecular flexibility index (Phi) is 4.10. The van der Waals surface area contributed by atoms with Crippen molar-refractivity contribution in [3.63, 3.8) is 0 Å². The molecule has 0 unspecified atom stereocenters. The molecule has 5 heteroatoms. The summed E-state index contributed by atoms with van der Waals surface area (Å²) in [6.07, 6.45) is 0. The normalized spacial score (nSPS) is 11.1. The maximum Gasteiger partial charge on any atom is 0.251 e. The average molecular weight is 308 g/mol. The van der Waals surface area contributed by atoms with Crippen molar-refractivity contribution in [2.45, 2.75) is 33.4 Å². The molecule has 5 nitrogen and oxygen atoms in total. The zero-order valence-electron chi connectivity index (χ0n) is 13.6. The van der Waals surface area contributed by atoms with Gasteiger partial charge < -0.3 is 5.32 Å². The third-order valence-corrected chi connectivity index (χ3v) is 3.78. The highest BCUT2D eigenvalue weighted by atomic mass is 16.1. The lowest BCUT2D eigenvalue weighted by Gasteiger charge is -2.08. The summed E-state index contributed by atoms with van der Waals surface area (Å²) in [6, 6.07) is 13.8. The van der Waals surface area contributed by atoms with Crippen LogP contribution < -0.4 is 5.32 Å². The Hall–Kier alpha value is -2.69. The lowest BCUT2D eigenvalue weighted by Crippen LogP contribution is -2.29. The van der Waals surface area contributed by atoms with Crippen LogP contribution >= 0.6 is 0 Å². The molecule has 0 atom stereocenters. The molecule has 0 saturated carbocycles. The summed E-state index contributed by atoms with van der Waals surface area (Å²) in [5.41, 5.74) is 4.70. The molecule has 1 amide bonds. The van der Waals surface area contributed by atoms with Gasteiger partial charge in [-0.2, -0.15) is 0 Å². The molecular formula is C18H20N4O. The zero-order valence-corrected chi connectivity index (χ0v) is 13.6. The second-order valence-corrected chi connectivity index (χ2v) is 6.01. The minimum atomic E-state index is -0.0876. The van der Waals surface area contributed by atoms with Gasteiger partial charge in [-0.1, -0.05) is 29.5 Å². The summed E-state index contributed by atoms with van der Waals surface area (Å²) < 4.78 is 1.86. The van der Waals surface area contributed by atoms with Gasteiger partial charge in [0.25, 0.3) is 5.91 Å². The fourth-order valence-electron chi connectivity index (χ4n) is 2.52. The number of nitrogens with one attached hydrogen (secondary N) is 1. The Morgan fingerprint density at radius 2 is 2.00 bits per heavy atom. The Morgan fingerprint density at radius 1 is 1.22 bits per heavy atom. The van der Waals surface area contributed by atoms with Crippen molar-refractivity contribution in [2.24, 2.45) is 0 Å². The molecule has 0 aliphatic rings. The Labute approximate surface area is 135 Å². The van der Waals surface area contributed by atoms with E-state index in [1.807, 2.05) is 42.8 Å². The maximum atomic E-state index is 12.1. The van der Waals surface area contributed by atoms with Crippen LogP contribution in [-0.2, 0) is 6.54 Å². The predicted octanol–water partition coefficient (Wildman–Crippen LogP) is 2.93. The third kappa shape index (κ3) is 3.23. The molecule has 0 bridgehead atoms. The van der Waals surface area contributed by atoms with E-state index in [0.717, 1.165) is 11.0 Å². The minimum Gasteiger partial charge on any atom is -0.350 e. The van der Waals surface area contributed by atoms with Crippen molar-refractivity contribution in [1.82, 2.24) is 20.3 Å². The second-order valence-electron chi connectivity index (χ2n) is 6.01. The van der Waals surface area contributed by atoms with Gasteiger partial charge in [0, 0.05) is 11.6 Å². The van der Waals surface area contributed by atoms with E-state index in [9.17, 15) is 4.79 Å². The van der Waals surface area contributed by atoms with E-state index in [1.165, 1.54) is 11.1 Å². The van der Waals surface area contributed by atoms with Gasteiger partial charge in [-0.3, -0.25) is 4.79 Å². The van der Waals surface area contributed by atoms with Crippen LogP contribution in [0.2, 0.25) is 0 Å². The number of nitrogens with zero attached hydrogens (tertiary/aromatic N) is 3. The first-order valence-electron chi connectivity index (χ1n) is 7.73. The van der Waals surface area contributed by atoms with Crippen LogP contribution in [0.1, 0.15) is 35.3 Å². The van der Waals surface area contributed by atoms with Crippen molar-refractivity contribution < 1.29 is 4.79 Å². The van der Waals surface area contributed by atoms with Crippen molar-refractivity contribution >= 4 is 16.9 Å². The van der Waals surface area contributed by atoms with Gasteiger partial charge in [-0.05, 0) is 50.1 Å². The van der Waals surface area contributed by atoms with Crippen molar-refractivity contribution in [3.8, 4) is 0 Å². The number of carbonyl (C=O) groups excluding carboxylic acids is 1. The number of aromatic nitrogens is 3. The van der Waals surface area contributed by atoms with Crippen molar-refractivity contribution in [1.29, 1.82) is 0 Å². The summed E-state index contributed by atoms with van der Waals surface area (Å²) in [5.74, 6) is -0.0876. The molecule has 3 aromatic rings. The Morgan fingerprint density at radius 3 is 2.74 bits per heavy atom. The molecule has 3 rings (SSSR count). The molecule has 0 aliphatic heterocycles. The fourth-order valence-corrected chi connectivity index (χ4v) is 2.52. The lowest BCUT2D eigenvalue weighted by molar-refractivity contribution is 0.0943. The molecule has 0 aliphatic carbocycles. The largest absolute Gasteiger partial charge is 0.350 e. The van der Waals surface area contributed by atoms with Gasteiger partial charge in [0.05, 0.1) is 12.1 Å². The molecule has 0 spiro atoms. The van der Waals surface area contributed by atoms with Crippen LogP contribution in [0, 0.1) is 6.92 Å². The smallest absolute Gasteiger partial charge is 0.251 e. The maximum absolute atomic E-state index is 12.1. The first kappa shape index (κ1) is 15.2. The molecule has 1 aromatic heterocycles. The van der Waals surface area contributed by atoms with Gasteiger partial charge in [0.2, 0.25) is 0 Å². The second kappa shape index (κ2) is 6.20. The van der Waals surface area contributed by atoms with Crippen molar-refractivity contribution in [3.05, 3.63) is 59.2 Å². The first-order chi connectivity index (χ1) is 11.0. The first-order valence-corrected chi connectivity index (χ1v) is 7.73. The lowest BCUT2D eigenvalue weighted by atomic mass is 10.1. The average Bonchev–Trinajstić information content (AvgIpc) is 2.91. The van der Waals surface area contributed by atoms with E-state index in [-0.39, 0.29) is 11.9 Å².